The van der Waals surface area contributed by atoms with Crippen LogP contribution in [0.2, 0.25) is 0 Å². The number of amides is 1. The SMILES string of the molecule is CCOC(=O)c1cccc(Nc2ncnc(Nc3ccc(NC(C)=O)cc3)c2N)c1. The zero-order chi connectivity index (χ0) is 21.5. The molecule has 0 spiro atoms. The van der Waals surface area contributed by atoms with Crippen LogP contribution in [0.3, 0.4) is 0 Å². The number of carbonyl (C=O) groups excluding carboxylic acids is 2. The van der Waals surface area contributed by atoms with Crippen LogP contribution in [0.1, 0.15) is 24.2 Å². The highest BCUT2D eigenvalue weighted by Crippen LogP contribution is 2.28. The lowest BCUT2D eigenvalue weighted by Gasteiger charge is -2.13. The van der Waals surface area contributed by atoms with Crippen LogP contribution in [-0.4, -0.2) is 28.5 Å². The van der Waals surface area contributed by atoms with Crippen LogP contribution in [0.15, 0.2) is 54.9 Å². The van der Waals surface area contributed by atoms with Crippen molar-refractivity contribution in [1.82, 2.24) is 9.97 Å². The van der Waals surface area contributed by atoms with Gasteiger partial charge in [0.25, 0.3) is 0 Å². The third-order valence-corrected chi connectivity index (χ3v) is 3.99. The monoisotopic (exact) mass is 406 g/mol. The third-order valence-electron chi connectivity index (χ3n) is 3.99. The summed E-state index contributed by atoms with van der Waals surface area (Å²) in [4.78, 5) is 31.4. The normalized spacial score (nSPS) is 10.2. The molecule has 0 aliphatic heterocycles. The maximum absolute atomic E-state index is 11.9. The largest absolute Gasteiger partial charge is 0.462 e. The van der Waals surface area contributed by atoms with Crippen LogP contribution in [-0.2, 0) is 9.53 Å². The van der Waals surface area contributed by atoms with E-state index < -0.39 is 5.97 Å². The van der Waals surface area contributed by atoms with Crippen molar-refractivity contribution in [2.75, 3.05) is 28.3 Å². The quantitative estimate of drug-likeness (QED) is 0.437. The lowest BCUT2D eigenvalue weighted by Crippen LogP contribution is -2.07. The lowest BCUT2D eigenvalue weighted by molar-refractivity contribution is -0.114. The number of rotatable bonds is 7. The molecule has 9 nitrogen and oxygen atoms in total. The van der Waals surface area contributed by atoms with Gasteiger partial charge in [0.15, 0.2) is 11.6 Å². The van der Waals surface area contributed by atoms with E-state index in [1.165, 1.54) is 13.3 Å². The van der Waals surface area contributed by atoms with Gasteiger partial charge in [0, 0.05) is 24.0 Å². The molecular weight excluding hydrogens is 384 g/mol. The minimum atomic E-state index is -0.401. The Balaban J connectivity index is 1.76. The van der Waals surface area contributed by atoms with Crippen LogP contribution in [0.5, 0.6) is 0 Å². The molecule has 0 fully saturated rings. The van der Waals surface area contributed by atoms with Gasteiger partial charge in [-0.3, -0.25) is 4.79 Å². The molecule has 0 unspecified atom stereocenters. The maximum atomic E-state index is 11.9. The summed E-state index contributed by atoms with van der Waals surface area (Å²) in [5, 5.41) is 8.92. The minimum Gasteiger partial charge on any atom is -0.462 e. The molecule has 3 aromatic rings. The smallest absolute Gasteiger partial charge is 0.338 e. The molecule has 0 saturated carbocycles. The zero-order valence-electron chi connectivity index (χ0n) is 16.6. The molecule has 9 heteroatoms. The van der Waals surface area contributed by atoms with Crippen molar-refractivity contribution in [2.24, 2.45) is 0 Å². The molecule has 1 aromatic heterocycles. The van der Waals surface area contributed by atoms with E-state index in [0.29, 0.717) is 40.9 Å². The molecule has 30 heavy (non-hydrogen) atoms. The van der Waals surface area contributed by atoms with Gasteiger partial charge in [-0.15, -0.1) is 0 Å². The average molecular weight is 406 g/mol. The van der Waals surface area contributed by atoms with Crippen LogP contribution in [0.25, 0.3) is 0 Å². The van der Waals surface area contributed by atoms with E-state index in [0.717, 1.165) is 5.69 Å². The second kappa shape index (κ2) is 9.37. The molecule has 0 bridgehead atoms. The molecule has 2 aromatic carbocycles. The van der Waals surface area contributed by atoms with E-state index in [9.17, 15) is 9.59 Å². The van der Waals surface area contributed by atoms with Gasteiger partial charge in [-0.25, -0.2) is 14.8 Å². The van der Waals surface area contributed by atoms with Crippen molar-refractivity contribution in [3.63, 3.8) is 0 Å². The Morgan fingerprint density at radius 3 is 2.23 bits per heavy atom. The first-order chi connectivity index (χ1) is 14.5. The summed E-state index contributed by atoms with van der Waals surface area (Å²) in [6.07, 6.45) is 1.38. The van der Waals surface area contributed by atoms with Gasteiger partial charge in [0.1, 0.15) is 12.0 Å². The summed E-state index contributed by atoms with van der Waals surface area (Å²) < 4.78 is 5.02. The second-order valence-corrected chi connectivity index (χ2v) is 6.29. The number of nitrogens with two attached hydrogens (primary N) is 1. The maximum Gasteiger partial charge on any atom is 0.338 e. The highest BCUT2D eigenvalue weighted by atomic mass is 16.5. The van der Waals surface area contributed by atoms with Gasteiger partial charge in [-0.1, -0.05) is 6.07 Å². The Labute approximate surface area is 173 Å². The molecule has 0 aliphatic rings. The Morgan fingerprint density at radius 1 is 0.967 bits per heavy atom. The number of carbonyl (C=O) groups is 2. The average Bonchev–Trinajstić information content (AvgIpc) is 2.72. The molecule has 0 radical (unpaired) electrons. The minimum absolute atomic E-state index is 0.140. The van der Waals surface area contributed by atoms with Gasteiger partial charge < -0.3 is 26.4 Å². The number of hydrogen-bond donors (Lipinski definition) is 4. The number of esters is 1. The fourth-order valence-electron chi connectivity index (χ4n) is 2.65. The summed E-state index contributed by atoms with van der Waals surface area (Å²) in [5.41, 5.74) is 9.02. The number of anilines is 6. The topological polar surface area (TPSA) is 131 Å². The van der Waals surface area contributed by atoms with E-state index in [1.807, 2.05) is 0 Å². The van der Waals surface area contributed by atoms with Crippen LogP contribution in [0.4, 0.5) is 34.4 Å². The van der Waals surface area contributed by atoms with Crippen LogP contribution in [0, 0.1) is 0 Å². The predicted octanol–water partition coefficient (Wildman–Crippen LogP) is 3.68. The summed E-state index contributed by atoms with van der Waals surface area (Å²) in [6, 6.07) is 14.0. The molecule has 0 atom stereocenters. The first-order valence-corrected chi connectivity index (χ1v) is 9.25. The van der Waals surface area contributed by atoms with Crippen LogP contribution < -0.4 is 21.7 Å². The summed E-state index contributed by atoms with van der Waals surface area (Å²) in [6.45, 7) is 3.50. The molecule has 154 valence electrons. The van der Waals surface area contributed by atoms with Crippen molar-refractivity contribution in [3.05, 3.63) is 60.4 Å². The van der Waals surface area contributed by atoms with Crippen molar-refractivity contribution in [1.29, 1.82) is 0 Å². The molecule has 5 N–H and O–H groups in total. The molecular formula is C21H22N6O3. The molecule has 3 rings (SSSR count). The number of nitrogens with one attached hydrogen (secondary N) is 3. The van der Waals surface area contributed by atoms with Gasteiger partial charge in [-0.05, 0) is 49.4 Å². The van der Waals surface area contributed by atoms with E-state index in [4.69, 9.17) is 10.5 Å². The van der Waals surface area contributed by atoms with Gasteiger partial charge in [0.05, 0.1) is 12.2 Å². The summed E-state index contributed by atoms with van der Waals surface area (Å²) in [5.74, 6) is 0.269. The Kier molecular flexibility index (Phi) is 6.43. The molecule has 1 amide bonds. The number of nitrogens with zero attached hydrogens (tertiary/aromatic N) is 2. The fraction of sp³-hybridized carbons (Fsp3) is 0.143. The zero-order valence-corrected chi connectivity index (χ0v) is 16.6. The Bertz CT molecular complexity index is 1050. The molecule has 1 heterocycles. The number of ether oxygens (including phenoxy) is 1. The number of nitrogen functional groups attached to an aromatic ring is 1. The Morgan fingerprint density at radius 2 is 1.60 bits per heavy atom. The van der Waals surface area contributed by atoms with Gasteiger partial charge >= 0.3 is 5.97 Å². The van der Waals surface area contributed by atoms with E-state index in [2.05, 4.69) is 25.9 Å². The van der Waals surface area contributed by atoms with Gasteiger partial charge in [-0.2, -0.15) is 0 Å². The first-order valence-electron chi connectivity index (χ1n) is 9.25. The third kappa shape index (κ3) is 5.22. The number of benzene rings is 2. The molecule has 0 aliphatic carbocycles. The molecule has 0 saturated heterocycles. The van der Waals surface area contributed by atoms with Gasteiger partial charge in [0.2, 0.25) is 5.91 Å². The standard InChI is InChI=1S/C21H22N6O3/c1-3-30-21(29)14-5-4-6-17(11-14)27-20-18(22)19(23-12-24-20)26-16-9-7-15(8-10-16)25-13(2)28/h4-12H,3,22H2,1-2H3,(H,25,28)(H2,23,24,26,27). The first kappa shape index (κ1) is 20.6. The summed E-state index contributed by atoms with van der Waals surface area (Å²) in [7, 11) is 0. The van der Waals surface area contributed by atoms with Crippen LogP contribution >= 0.6 is 0 Å². The number of hydrogen-bond acceptors (Lipinski definition) is 8. The van der Waals surface area contributed by atoms with E-state index in [1.54, 1.807) is 55.5 Å². The van der Waals surface area contributed by atoms with E-state index in [-0.39, 0.29) is 5.91 Å². The summed E-state index contributed by atoms with van der Waals surface area (Å²) >= 11 is 0. The highest BCUT2D eigenvalue weighted by Gasteiger charge is 2.11. The number of aromatic nitrogens is 2. The van der Waals surface area contributed by atoms with Crippen molar-refractivity contribution in [3.8, 4) is 0 Å². The van der Waals surface area contributed by atoms with Crippen molar-refractivity contribution < 1.29 is 14.3 Å². The fourth-order valence-corrected chi connectivity index (χ4v) is 2.65. The predicted molar refractivity (Wildman–Crippen MR) is 116 cm³/mol. The van der Waals surface area contributed by atoms with Crippen molar-refractivity contribution >= 4 is 46.3 Å². The second-order valence-electron chi connectivity index (χ2n) is 6.29. The Hall–Kier alpha value is -4.14. The lowest BCUT2D eigenvalue weighted by atomic mass is 10.2. The van der Waals surface area contributed by atoms with E-state index >= 15 is 0 Å². The van der Waals surface area contributed by atoms with Crippen molar-refractivity contribution in [2.45, 2.75) is 13.8 Å². The highest BCUT2D eigenvalue weighted by molar-refractivity contribution is 5.91.